The monoisotopic (exact) mass is 368 g/mol. The van der Waals surface area contributed by atoms with Gasteiger partial charge in [-0.2, -0.15) is 5.26 Å². The van der Waals surface area contributed by atoms with E-state index in [9.17, 15) is 4.79 Å². The molecule has 26 heavy (non-hydrogen) atoms. The van der Waals surface area contributed by atoms with Gasteiger partial charge in [-0.15, -0.1) is 10.2 Å². The van der Waals surface area contributed by atoms with E-state index in [4.69, 9.17) is 15.5 Å². The lowest BCUT2D eigenvalue weighted by atomic mass is 10.2. The number of aryl methyl sites for hydroxylation is 1. The summed E-state index contributed by atoms with van der Waals surface area (Å²) in [6.07, 6.45) is 1.55. The number of nitriles is 1. The van der Waals surface area contributed by atoms with Crippen molar-refractivity contribution < 1.29 is 9.21 Å². The molecule has 8 nitrogen and oxygen atoms in total. The van der Waals surface area contributed by atoms with Gasteiger partial charge in [0.1, 0.15) is 11.8 Å². The quantitative estimate of drug-likeness (QED) is 0.524. The number of benzene rings is 1. The number of hydrogen-bond acceptors (Lipinski definition) is 7. The van der Waals surface area contributed by atoms with Crippen molar-refractivity contribution in [3.05, 3.63) is 47.9 Å². The van der Waals surface area contributed by atoms with E-state index in [0.29, 0.717) is 28.0 Å². The van der Waals surface area contributed by atoms with Crippen LogP contribution in [0.2, 0.25) is 0 Å². The lowest BCUT2D eigenvalue weighted by Crippen LogP contribution is -2.24. The summed E-state index contributed by atoms with van der Waals surface area (Å²) >= 11 is 1.17. The highest BCUT2D eigenvalue weighted by Crippen LogP contribution is 2.27. The minimum absolute atomic E-state index is 0.262. The predicted octanol–water partition coefficient (Wildman–Crippen LogP) is 2.55. The Morgan fingerprint density at radius 2 is 2.15 bits per heavy atom. The minimum Gasteiger partial charge on any atom is -0.469 e. The van der Waals surface area contributed by atoms with Crippen LogP contribution in [-0.4, -0.2) is 26.0 Å². The third-order valence-electron chi connectivity index (χ3n) is 3.72. The van der Waals surface area contributed by atoms with Gasteiger partial charge in [-0.1, -0.05) is 23.9 Å². The van der Waals surface area contributed by atoms with E-state index in [1.165, 1.54) is 16.4 Å². The molecule has 1 amide bonds. The van der Waals surface area contributed by atoms with Gasteiger partial charge >= 0.3 is 0 Å². The number of furan rings is 1. The van der Waals surface area contributed by atoms with E-state index in [1.807, 2.05) is 6.07 Å². The number of nitrogens with zero attached hydrogens (tertiary/aromatic N) is 4. The molecule has 0 fully saturated rings. The fourth-order valence-corrected chi connectivity index (χ4v) is 3.06. The Bertz CT molecular complexity index is 987. The summed E-state index contributed by atoms with van der Waals surface area (Å²) in [5, 5.41) is 19.9. The van der Waals surface area contributed by atoms with Gasteiger partial charge < -0.3 is 15.6 Å². The van der Waals surface area contributed by atoms with Gasteiger partial charge in [-0.3, -0.25) is 4.79 Å². The number of amides is 1. The molecule has 0 radical (unpaired) electrons. The number of aromatic nitrogens is 3. The normalized spacial score (nSPS) is 11.7. The van der Waals surface area contributed by atoms with Crippen molar-refractivity contribution in [2.45, 2.75) is 24.3 Å². The molecule has 0 saturated carbocycles. The fraction of sp³-hybridized carbons (Fsp3) is 0.176. The topological polar surface area (TPSA) is 123 Å². The first kappa shape index (κ1) is 17.6. The Kier molecular flexibility index (Phi) is 4.95. The maximum Gasteiger partial charge on any atom is 0.237 e. The first-order chi connectivity index (χ1) is 12.5. The summed E-state index contributed by atoms with van der Waals surface area (Å²) in [4.78, 5) is 12.4. The molecule has 1 unspecified atom stereocenters. The van der Waals surface area contributed by atoms with Crippen molar-refractivity contribution in [1.29, 1.82) is 5.26 Å². The Morgan fingerprint density at radius 1 is 1.38 bits per heavy atom. The van der Waals surface area contributed by atoms with Crippen LogP contribution in [-0.2, 0) is 4.79 Å². The number of carbonyl (C=O) groups excluding carboxylic acids is 1. The van der Waals surface area contributed by atoms with E-state index < -0.39 is 5.25 Å². The van der Waals surface area contributed by atoms with Gasteiger partial charge in [0, 0.05) is 0 Å². The maximum absolute atomic E-state index is 12.4. The SMILES string of the molecule is Cc1occc1-c1nnc(SC(C)C(=O)Nc2ccccc2C#N)n1N. The largest absolute Gasteiger partial charge is 0.469 e. The van der Waals surface area contributed by atoms with E-state index in [0.717, 1.165) is 5.56 Å². The highest BCUT2D eigenvalue weighted by molar-refractivity contribution is 8.00. The van der Waals surface area contributed by atoms with Crippen LogP contribution >= 0.6 is 11.8 Å². The lowest BCUT2D eigenvalue weighted by Gasteiger charge is -2.12. The highest BCUT2D eigenvalue weighted by Gasteiger charge is 2.21. The number of nitrogens with one attached hydrogen (secondary N) is 1. The van der Waals surface area contributed by atoms with Crippen LogP contribution in [0.25, 0.3) is 11.4 Å². The van der Waals surface area contributed by atoms with Crippen molar-refractivity contribution >= 4 is 23.4 Å². The number of rotatable bonds is 5. The first-order valence-corrected chi connectivity index (χ1v) is 8.61. The van der Waals surface area contributed by atoms with E-state index in [-0.39, 0.29) is 5.91 Å². The zero-order valence-corrected chi connectivity index (χ0v) is 14.9. The van der Waals surface area contributed by atoms with Crippen LogP contribution in [0.15, 0.2) is 46.2 Å². The number of carbonyl (C=O) groups is 1. The van der Waals surface area contributed by atoms with Gasteiger partial charge in [0.2, 0.25) is 11.1 Å². The molecule has 132 valence electrons. The maximum atomic E-state index is 12.4. The zero-order valence-electron chi connectivity index (χ0n) is 14.1. The number of nitrogens with two attached hydrogens (primary N) is 1. The third-order valence-corrected chi connectivity index (χ3v) is 4.78. The van der Waals surface area contributed by atoms with Gasteiger partial charge in [0.05, 0.1) is 28.3 Å². The van der Waals surface area contributed by atoms with Gasteiger partial charge in [0.15, 0.2) is 5.82 Å². The van der Waals surface area contributed by atoms with Gasteiger partial charge in [0.25, 0.3) is 0 Å². The summed E-state index contributed by atoms with van der Waals surface area (Å²) in [5.74, 6) is 6.94. The molecule has 3 aromatic rings. The number of nitrogen functional groups attached to an aromatic ring is 1. The minimum atomic E-state index is -0.494. The zero-order chi connectivity index (χ0) is 18.7. The first-order valence-electron chi connectivity index (χ1n) is 7.73. The molecule has 9 heteroatoms. The van der Waals surface area contributed by atoms with Crippen molar-refractivity contribution in [2.24, 2.45) is 0 Å². The standard InChI is InChI=1S/C17H16N6O2S/c1-10-13(7-8-25-10)15-21-22-17(23(15)19)26-11(2)16(24)20-14-6-4-3-5-12(14)9-18/h3-8,11H,19H2,1-2H3,(H,20,24). The second-order valence-corrected chi connectivity index (χ2v) is 6.78. The Morgan fingerprint density at radius 3 is 2.85 bits per heavy atom. The molecule has 0 aliphatic heterocycles. The van der Waals surface area contributed by atoms with Crippen molar-refractivity contribution in [1.82, 2.24) is 14.9 Å². The molecule has 3 N–H and O–H groups in total. The number of thioether (sulfide) groups is 1. The van der Waals surface area contributed by atoms with Crippen LogP contribution in [0.5, 0.6) is 0 Å². The number of para-hydroxylation sites is 1. The van der Waals surface area contributed by atoms with E-state index in [1.54, 1.807) is 50.4 Å². The predicted molar refractivity (Wildman–Crippen MR) is 97.7 cm³/mol. The molecule has 3 rings (SSSR count). The second-order valence-electron chi connectivity index (χ2n) is 5.47. The van der Waals surface area contributed by atoms with Crippen LogP contribution < -0.4 is 11.2 Å². The van der Waals surface area contributed by atoms with Crippen molar-refractivity contribution in [3.63, 3.8) is 0 Å². The summed E-state index contributed by atoms with van der Waals surface area (Å²) in [7, 11) is 0. The molecular weight excluding hydrogens is 352 g/mol. The summed E-state index contributed by atoms with van der Waals surface area (Å²) in [6, 6.07) is 10.6. The Labute approximate surface area is 154 Å². The van der Waals surface area contributed by atoms with Crippen LogP contribution in [0, 0.1) is 18.3 Å². The highest BCUT2D eigenvalue weighted by atomic mass is 32.2. The average molecular weight is 368 g/mol. The van der Waals surface area contributed by atoms with Crippen LogP contribution in [0.4, 0.5) is 5.69 Å². The molecule has 1 aromatic carbocycles. The third kappa shape index (κ3) is 3.41. The fourth-order valence-electron chi connectivity index (χ4n) is 2.29. The van der Waals surface area contributed by atoms with Crippen molar-refractivity contribution in [3.8, 4) is 17.5 Å². The summed E-state index contributed by atoms with van der Waals surface area (Å²) in [5.41, 5.74) is 1.61. The molecule has 1 atom stereocenters. The Hall–Kier alpha value is -3.25. The van der Waals surface area contributed by atoms with Crippen LogP contribution in [0.3, 0.4) is 0 Å². The van der Waals surface area contributed by atoms with Gasteiger partial charge in [-0.25, -0.2) is 4.68 Å². The van der Waals surface area contributed by atoms with Gasteiger partial charge in [-0.05, 0) is 32.0 Å². The average Bonchev–Trinajstić information content (AvgIpc) is 3.21. The number of anilines is 1. The summed E-state index contributed by atoms with van der Waals surface area (Å²) < 4.78 is 6.59. The smallest absolute Gasteiger partial charge is 0.237 e. The molecule has 0 aliphatic carbocycles. The molecule has 2 aromatic heterocycles. The molecular formula is C17H16N6O2S. The summed E-state index contributed by atoms with van der Waals surface area (Å²) in [6.45, 7) is 3.53. The van der Waals surface area contributed by atoms with E-state index >= 15 is 0 Å². The number of hydrogen-bond donors (Lipinski definition) is 2. The molecule has 0 bridgehead atoms. The Balaban J connectivity index is 1.73. The van der Waals surface area contributed by atoms with E-state index in [2.05, 4.69) is 15.5 Å². The molecule has 0 saturated heterocycles. The second kappa shape index (κ2) is 7.33. The molecule has 2 heterocycles. The van der Waals surface area contributed by atoms with Crippen molar-refractivity contribution in [2.75, 3.05) is 11.2 Å². The molecule has 0 spiro atoms. The molecule has 0 aliphatic rings. The lowest BCUT2D eigenvalue weighted by molar-refractivity contribution is -0.115. The van der Waals surface area contributed by atoms with Crippen LogP contribution in [0.1, 0.15) is 18.2 Å².